The first-order valence-corrected chi connectivity index (χ1v) is 9.05. The SMILES string of the molecule is CCC([C@H]1C[C@@H](N(C)c2ncnc3[nH]ccc23)C1)S(N)(=O)=O. The third-order valence-corrected chi connectivity index (χ3v) is 6.28. The number of nitrogens with zero attached hydrogens (tertiary/aromatic N) is 3. The molecule has 0 amide bonds. The molecule has 2 aromatic heterocycles. The number of hydrogen-bond donors (Lipinski definition) is 2. The maximum Gasteiger partial charge on any atom is 0.212 e. The van der Waals surface area contributed by atoms with Gasteiger partial charge < -0.3 is 9.88 Å². The van der Waals surface area contributed by atoms with Crippen molar-refractivity contribution in [2.24, 2.45) is 11.1 Å². The molecular weight excluding hydrogens is 302 g/mol. The van der Waals surface area contributed by atoms with Crippen LogP contribution in [-0.4, -0.2) is 41.7 Å². The van der Waals surface area contributed by atoms with Crippen molar-refractivity contribution in [3.8, 4) is 0 Å². The van der Waals surface area contributed by atoms with Gasteiger partial charge in [-0.25, -0.2) is 23.5 Å². The van der Waals surface area contributed by atoms with Crippen LogP contribution in [0.5, 0.6) is 0 Å². The predicted molar refractivity (Wildman–Crippen MR) is 86.0 cm³/mol. The minimum absolute atomic E-state index is 0.135. The Hall–Kier alpha value is -1.67. The fourth-order valence-corrected chi connectivity index (χ4v) is 4.62. The fraction of sp³-hybridized carbons (Fsp3) is 0.571. The summed E-state index contributed by atoms with van der Waals surface area (Å²) >= 11 is 0. The van der Waals surface area contributed by atoms with Gasteiger partial charge in [-0.3, -0.25) is 0 Å². The van der Waals surface area contributed by atoms with Gasteiger partial charge in [0.2, 0.25) is 10.0 Å². The Kier molecular flexibility index (Phi) is 3.82. The van der Waals surface area contributed by atoms with Crippen LogP contribution in [0.2, 0.25) is 0 Å². The van der Waals surface area contributed by atoms with Gasteiger partial charge in [0, 0.05) is 19.3 Å². The van der Waals surface area contributed by atoms with E-state index in [2.05, 4.69) is 19.9 Å². The molecule has 8 heteroatoms. The van der Waals surface area contributed by atoms with Gasteiger partial charge in [-0.15, -0.1) is 0 Å². The molecule has 1 fully saturated rings. The lowest BCUT2D eigenvalue weighted by Crippen LogP contribution is -2.49. The second-order valence-corrected chi connectivity index (χ2v) is 7.75. The Morgan fingerprint density at radius 2 is 2.18 bits per heavy atom. The maximum absolute atomic E-state index is 11.6. The molecule has 1 aliphatic rings. The number of fused-ring (bicyclic) bond motifs is 1. The van der Waals surface area contributed by atoms with Gasteiger partial charge in [-0.1, -0.05) is 6.92 Å². The molecule has 22 heavy (non-hydrogen) atoms. The Labute approximate surface area is 130 Å². The molecule has 1 unspecified atom stereocenters. The average molecular weight is 323 g/mol. The smallest absolute Gasteiger partial charge is 0.212 e. The summed E-state index contributed by atoms with van der Waals surface area (Å²) < 4.78 is 23.2. The number of primary sulfonamides is 1. The topological polar surface area (TPSA) is 105 Å². The van der Waals surface area contributed by atoms with E-state index < -0.39 is 15.3 Å². The van der Waals surface area contributed by atoms with Crippen molar-refractivity contribution in [1.82, 2.24) is 15.0 Å². The highest BCUT2D eigenvalue weighted by molar-refractivity contribution is 7.89. The van der Waals surface area contributed by atoms with Crippen molar-refractivity contribution < 1.29 is 8.42 Å². The van der Waals surface area contributed by atoms with E-state index in [-0.39, 0.29) is 12.0 Å². The zero-order valence-corrected chi connectivity index (χ0v) is 13.5. The first-order valence-electron chi connectivity index (χ1n) is 7.44. The van der Waals surface area contributed by atoms with Crippen molar-refractivity contribution in [2.75, 3.05) is 11.9 Å². The van der Waals surface area contributed by atoms with Crippen LogP contribution in [0.15, 0.2) is 18.6 Å². The van der Waals surface area contributed by atoms with Crippen molar-refractivity contribution in [2.45, 2.75) is 37.5 Å². The van der Waals surface area contributed by atoms with Crippen molar-refractivity contribution >= 4 is 26.9 Å². The average Bonchev–Trinajstić information content (AvgIpc) is 2.88. The van der Waals surface area contributed by atoms with E-state index in [9.17, 15) is 8.42 Å². The molecule has 1 saturated carbocycles. The van der Waals surface area contributed by atoms with Crippen molar-refractivity contribution in [3.63, 3.8) is 0 Å². The molecule has 0 aliphatic heterocycles. The molecule has 0 aromatic carbocycles. The van der Waals surface area contributed by atoms with Crippen LogP contribution in [0.25, 0.3) is 11.0 Å². The largest absolute Gasteiger partial charge is 0.356 e. The highest BCUT2D eigenvalue weighted by Crippen LogP contribution is 2.39. The molecule has 0 bridgehead atoms. The summed E-state index contributed by atoms with van der Waals surface area (Å²) in [6, 6.07) is 2.24. The van der Waals surface area contributed by atoms with Crippen LogP contribution in [0.3, 0.4) is 0 Å². The summed E-state index contributed by atoms with van der Waals surface area (Å²) in [6.07, 6.45) is 5.59. The molecule has 3 rings (SSSR count). The van der Waals surface area contributed by atoms with Crippen molar-refractivity contribution in [1.29, 1.82) is 0 Å². The van der Waals surface area contributed by atoms with E-state index in [0.29, 0.717) is 6.42 Å². The summed E-state index contributed by atoms with van der Waals surface area (Å²) in [5.74, 6) is 1.01. The molecule has 7 nitrogen and oxygen atoms in total. The molecule has 2 aromatic rings. The minimum atomic E-state index is -3.46. The number of rotatable bonds is 5. The third kappa shape index (κ3) is 2.56. The Balaban J connectivity index is 1.74. The maximum atomic E-state index is 11.6. The van der Waals surface area contributed by atoms with Crippen LogP contribution in [0, 0.1) is 5.92 Å². The monoisotopic (exact) mass is 323 g/mol. The normalized spacial score (nSPS) is 23.2. The molecule has 0 spiro atoms. The first-order chi connectivity index (χ1) is 10.4. The second-order valence-electron chi connectivity index (χ2n) is 5.97. The molecule has 3 N–H and O–H groups in total. The summed E-state index contributed by atoms with van der Waals surface area (Å²) in [5, 5.41) is 5.87. The summed E-state index contributed by atoms with van der Waals surface area (Å²) in [6.45, 7) is 1.87. The molecular formula is C14H21N5O2S. The number of nitrogens with one attached hydrogen (secondary N) is 1. The molecule has 1 aliphatic carbocycles. The quantitative estimate of drug-likeness (QED) is 0.861. The van der Waals surface area contributed by atoms with Crippen LogP contribution < -0.4 is 10.0 Å². The number of hydrogen-bond acceptors (Lipinski definition) is 5. The van der Waals surface area contributed by atoms with Crippen molar-refractivity contribution in [3.05, 3.63) is 18.6 Å². The van der Waals surface area contributed by atoms with E-state index in [0.717, 1.165) is 29.7 Å². The number of H-pyrrole nitrogens is 1. The van der Waals surface area contributed by atoms with E-state index in [1.807, 2.05) is 26.2 Å². The van der Waals surface area contributed by atoms with E-state index >= 15 is 0 Å². The second kappa shape index (κ2) is 5.51. The summed E-state index contributed by atoms with van der Waals surface area (Å²) in [7, 11) is -1.47. The lowest BCUT2D eigenvalue weighted by molar-refractivity contribution is 0.243. The van der Waals surface area contributed by atoms with E-state index in [4.69, 9.17) is 5.14 Å². The lowest BCUT2D eigenvalue weighted by Gasteiger charge is -2.44. The number of nitrogens with two attached hydrogens (primary N) is 1. The van der Waals surface area contributed by atoms with Gasteiger partial charge in [-0.2, -0.15) is 0 Å². The summed E-state index contributed by atoms with van der Waals surface area (Å²) in [5.41, 5.74) is 0.809. The zero-order valence-electron chi connectivity index (χ0n) is 12.7. The standard InChI is InChI=1S/C14H21N5O2S/c1-3-12(22(15,20)21)9-6-10(7-9)19(2)14-11-4-5-16-13(11)17-8-18-14/h4-5,8-10,12H,3,6-7H2,1-2H3,(H2,15,20,21)(H,16,17,18)/t9-,10+,12?. The van der Waals surface area contributed by atoms with Crippen LogP contribution in [0.4, 0.5) is 5.82 Å². The van der Waals surface area contributed by atoms with Gasteiger partial charge in [-0.05, 0) is 31.2 Å². The van der Waals surface area contributed by atoms with E-state index in [1.54, 1.807) is 6.33 Å². The Bertz CT molecular complexity index is 766. The van der Waals surface area contributed by atoms with Gasteiger partial charge in [0.25, 0.3) is 0 Å². The van der Waals surface area contributed by atoms with Gasteiger partial charge in [0.15, 0.2) is 0 Å². The predicted octanol–water partition coefficient (Wildman–Crippen LogP) is 1.24. The molecule has 2 heterocycles. The molecule has 0 saturated heterocycles. The van der Waals surface area contributed by atoms with E-state index in [1.165, 1.54) is 0 Å². The number of aromatic amines is 1. The van der Waals surface area contributed by atoms with Gasteiger partial charge >= 0.3 is 0 Å². The Morgan fingerprint density at radius 1 is 1.45 bits per heavy atom. The lowest BCUT2D eigenvalue weighted by atomic mass is 9.76. The van der Waals surface area contributed by atoms with Gasteiger partial charge in [0.05, 0.1) is 10.6 Å². The number of anilines is 1. The molecule has 0 radical (unpaired) electrons. The molecule has 1 atom stereocenters. The van der Waals surface area contributed by atoms with Crippen LogP contribution in [-0.2, 0) is 10.0 Å². The molecule has 120 valence electrons. The zero-order chi connectivity index (χ0) is 15.9. The Morgan fingerprint density at radius 3 is 2.82 bits per heavy atom. The number of sulfonamides is 1. The first kappa shape index (κ1) is 15.2. The van der Waals surface area contributed by atoms with Crippen LogP contribution in [0.1, 0.15) is 26.2 Å². The summed E-state index contributed by atoms with van der Waals surface area (Å²) in [4.78, 5) is 13.7. The van der Waals surface area contributed by atoms with Gasteiger partial charge in [0.1, 0.15) is 17.8 Å². The fourth-order valence-electron chi connectivity index (χ4n) is 3.40. The van der Waals surface area contributed by atoms with Crippen LogP contribution >= 0.6 is 0 Å². The minimum Gasteiger partial charge on any atom is -0.356 e. The highest BCUT2D eigenvalue weighted by Gasteiger charge is 2.41. The third-order valence-electron chi connectivity index (χ3n) is 4.71. The number of aromatic nitrogens is 3. The highest BCUT2D eigenvalue weighted by atomic mass is 32.2.